The predicted octanol–water partition coefficient (Wildman–Crippen LogP) is 1.75. The van der Waals surface area contributed by atoms with E-state index in [1.807, 2.05) is 18.3 Å². The fourth-order valence-electron chi connectivity index (χ4n) is 2.27. The second-order valence-corrected chi connectivity index (χ2v) is 4.66. The Kier molecular flexibility index (Phi) is 3.64. The first-order valence-electron chi connectivity index (χ1n) is 6.08. The zero-order valence-electron chi connectivity index (χ0n) is 10.6. The summed E-state index contributed by atoms with van der Waals surface area (Å²) in [5, 5.41) is 9.41. The molecule has 2 unspecified atom stereocenters. The SMILES string of the molecule is CC1OCCC1N(C)c1ccc([C@H](C)O)nc1. The molecule has 4 heteroatoms. The zero-order valence-corrected chi connectivity index (χ0v) is 10.6. The van der Waals surface area contributed by atoms with Gasteiger partial charge in [0.25, 0.3) is 0 Å². The van der Waals surface area contributed by atoms with Crippen molar-refractivity contribution in [1.82, 2.24) is 4.98 Å². The number of hydrogen-bond donors (Lipinski definition) is 1. The summed E-state index contributed by atoms with van der Waals surface area (Å²) < 4.78 is 5.57. The van der Waals surface area contributed by atoms with Crippen LogP contribution >= 0.6 is 0 Å². The Morgan fingerprint density at radius 1 is 1.53 bits per heavy atom. The van der Waals surface area contributed by atoms with E-state index in [2.05, 4.69) is 23.9 Å². The van der Waals surface area contributed by atoms with Crippen LogP contribution in [-0.2, 0) is 4.74 Å². The monoisotopic (exact) mass is 236 g/mol. The molecule has 0 aliphatic carbocycles. The first-order chi connectivity index (χ1) is 8.09. The van der Waals surface area contributed by atoms with Crippen LogP contribution in [-0.4, -0.2) is 35.9 Å². The number of ether oxygens (including phenoxy) is 1. The fourth-order valence-corrected chi connectivity index (χ4v) is 2.27. The quantitative estimate of drug-likeness (QED) is 0.868. The van der Waals surface area contributed by atoms with E-state index in [0.717, 1.165) is 18.7 Å². The van der Waals surface area contributed by atoms with E-state index < -0.39 is 6.10 Å². The van der Waals surface area contributed by atoms with Gasteiger partial charge in [-0.2, -0.15) is 0 Å². The van der Waals surface area contributed by atoms with Crippen molar-refractivity contribution in [3.8, 4) is 0 Å². The third kappa shape index (κ3) is 2.58. The molecule has 1 fully saturated rings. The summed E-state index contributed by atoms with van der Waals surface area (Å²) in [7, 11) is 2.06. The molecule has 0 spiro atoms. The number of rotatable bonds is 3. The van der Waals surface area contributed by atoms with E-state index in [9.17, 15) is 5.11 Å². The molecule has 17 heavy (non-hydrogen) atoms. The van der Waals surface area contributed by atoms with Crippen molar-refractivity contribution < 1.29 is 9.84 Å². The molecule has 1 aliphatic heterocycles. The fraction of sp³-hybridized carbons (Fsp3) is 0.615. The van der Waals surface area contributed by atoms with Gasteiger partial charge in [-0.1, -0.05) is 0 Å². The van der Waals surface area contributed by atoms with Gasteiger partial charge in [-0.3, -0.25) is 4.98 Å². The molecular weight excluding hydrogens is 216 g/mol. The molecule has 1 aliphatic rings. The average Bonchev–Trinajstić information content (AvgIpc) is 2.74. The highest BCUT2D eigenvalue weighted by atomic mass is 16.5. The first kappa shape index (κ1) is 12.3. The van der Waals surface area contributed by atoms with Gasteiger partial charge in [0.05, 0.1) is 35.8 Å². The minimum atomic E-state index is -0.511. The second-order valence-electron chi connectivity index (χ2n) is 4.66. The summed E-state index contributed by atoms with van der Waals surface area (Å²) >= 11 is 0. The number of nitrogens with zero attached hydrogens (tertiary/aromatic N) is 2. The van der Waals surface area contributed by atoms with Crippen molar-refractivity contribution in [2.75, 3.05) is 18.6 Å². The Morgan fingerprint density at radius 3 is 2.76 bits per heavy atom. The lowest BCUT2D eigenvalue weighted by atomic mass is 10.1. The molecule has 2 heterocycles. The Labute approximate surface area is 102 Å². The van der Waals surface area contributed by atoms with E-state index in [0.29, 0.717) is 11.7 Å². The third-order valence-electron chi connectivity index (χ3n) is 3.44. The van der Waals surface area contributed by atoms with Crippen molar-refractivity contribution in [2.45, 2.75) is 38.5 Å². The van der Waals surface area contributed by atoms with E-state index in [1.54, 1.807) is 6.92 Å². The van der Waals surface area contributed by atoms with E-state index in [1.165, 1.54) is 0 Å². The number of anilines is 1. The van der Waals surface area contributed by atoms with Crippen LogP contribution in [0, 0.1) is 0 Å². The van der Waals surface area contributed by atoms with Crippen molar-refractivity contribution in [3.05, 3.63) is 24.0 Å². The molecule has 94 valence electrons. The summed E-state index contributed by atoms with van der Waals surface area (Å²) in [6.45, 7) is 4.65. The summed E-state index contributed by atoms with van der Waals surface area (Å²) in [6.07, 6.45) is 2.61. The maximum absolute atomic E-state index is 9.41. The molecule has 1 saturated heterocycles. The van der Waals surface area contributed by atoms with Crippen molar-refractivity contribution in [2.24, 2.45) is 0 Å². The van der Waals surface area contributed by atoms with Gasteiger partial charge in [0.1, 0.15) is 0 Å². The number of hydrogen-bond acceptors (Lipinski definition) is 4. The van der Waals surface area contributed by atoms with Crippen LogP contribution < -0.4 is 4.90 Å². The maximum atomic E-state index is 9.41. The highest BCUT2D eigenvalue weighted by Gasteiger charge is 2.28. The molecule has 3 atom stereocenters. The van der Waals surface area contributed by atoms with E-state index in [-0.39, 0.29) is 6.10 Å². The van der Waals surface area contributed by atoms with Crippen LogP contribution in [0.3, 0.4) is 0 Å². The number of aromatic nitrogens is 1. The lowest BCUT2D eigenvalue weighted by Crippen LogP contribution is -2.36. The largest absolute Gasteiger partial charge is 0.387 e. The summed E-state index contributed by atoms with van der Waals surface area (Å²) in [5.41, 5.74) is 1.77. The van der Waals surface area contributed by atoms with Crippen LogP contribution in [0.25, 0.3) is 0 Å². The molecule has 0 bridgehead atoms. The zero-order chi connectivity index (χ0) is 12.4. The van der Waals surface area contributed by atoms with E-state index >= 15 is 0 Å². The minimum absolute atomic E-state index is 0.261. The highest BCUT2D eigenvalue weighted by molar-refractivity contribution is 5.45. The summed E-state index contributed by atoms with van der Waals surface area (Å²) in [6, 6.07) is 4.28. The van der Waals surface area contributed by atoms with Crippen LogP contribution in [0.2, 0.25) is 0 Å². The van der Waals surface area contributed by atoms with Gasteiger partial charge in [0, 0.05) is 13.7 Å². The molecule has 0 aromatic carbocycles. The standard InChI is InChI=1S/C13H20N2O2/c1-9(16)12-5-4-11(8-14-12)15(3)13-6-7-17-10(13)2/h4-5,8-10,13,16H,6-7H2,1-3H3/t9-,10?,13?/m0/s1. The van der Waals surface area contributed by atoms with Crippen LogP contribution in [0.1, 0.15) is 32.1 Å². The summed E-state index contributed by atoms with van der Waals surface area (Å²) in [4.78, 5) is 6.47. The van der Waals surface area contributed by atoms with Crippen LogP contribution in [0.5, 0.6) is 0 Å². The smallest absolute Gasteiger partial charge is 0.0931 e. The number of aliphatic hydroxyl groups excluding tert-OH is 1. The molecular formula is C13H20N2O2. The second kappa shape index (κ2) is 5.02. The molecule has 0 saturated carbocycles. The average molecular weight is 236 g/mol. The third-order valence-corrected chi connectivity index (χ3v) is 3.44. The topological polar surface area (TPSA) is 45.6 Å². The number of pyridine rings is 1. The Balaban J connectivity index is 2.11. The molecule has 4 nitrogen and oxygen atoms in total. The molecule has 0 radical (unpaired) electrons. The maximum Gasteiger partial charge on any atom is 0.0931 e. The molecule has 1 aromatic heterocycles. The predicted molar refractivity (Wildman–Crippen MR) is 67.1 cm³/mol. The van der Waals surface area contributed by atoms with Gasteiger partial charge in [0.15, 0.2) is 0 Å². The van der Waals surface area contributed by atoms with E-state index in [4.69, 9.17) is 4.74 Å². The van der Waals surface area contributed by atoms with Gasteiger partial charge in [0.2, 0.25) is 0 Å². The van der Waals surface area contributed by atoms with Crippen molar-refractivity contribution >= 4 is 5.69 Å². The molecule has 2 rings (SSSR count). The Bertz CT molecular complexity index is 364. The van der Waals surface area contributed by atoms with Crippen LogP contribution in [0.4, 0.5) is 5.69 Å². The van der Waals surface area contributed by atoms with Crippen LogP contribution in [0.15, 0.2) is 18.3 Å². The van der Waals surface area contributed by atoms with Gasteiger partial charge in [-0.25, -0.2) is 0 Å². The molecule has 0 amide bonds. The van der Waals surface area contributed by atoms with Crippen molar-refractivity contribution in [1.29, 1.82) is 0 Å². The minimum Gasteiger partial charge on any atom is -0.387 e. The van der Waals surface area contributed by atoms with Crippen molar-refractivity contribution in [3.63, 3.8) is 0 Å². The number of aliphatic hydroxyl groups is 1. The lowest BCUT2D eigenvalue weighted by Gasteiger charge is -2.28. The van der Waals surface area contributed by atoms with Gasteiger partial charge < -0.3 is 14.7 Å². The molecule has 1 N–H and O–H groups in total. The normalized spacial score (nSPS) is 25.9. The van der Waals surface area contributed by atoms with Gasteiger partial charge >= 0.3 is 0 Å². The Morgan fingerprint density at radius 2 is 2.29 bits per heavy atom. The molecule has 1 aromatic rings. The Hall–Kier alpha value is -1.13. The first-order valence-corrected chi connectivity index (χ1v) is 6.08. The lowest BCUT2D eigenvalue weighted by molar-refractivity contribution is 0.118. The van der Waals surface area contributed by atoms with Gasteiger partial charge in [-0.15, -0.1) is 0 Å². The number of likely N-dealkylation sites (N-methyl/N-ethyl adjacent to an activating group) is 1. The van der Waals surface area contributed by atoms with Gasteiger partial charge in [-0.05, 0) is 32.4 Å². The highest BCUT2D eigenvalue weighted by Crippen LogP contribution is 2.24. The summed E-state index contributed by atoms with van der Waals surface area (Å²) in [5.74, 6) is 0.